The zero-order valence-electron chi connectivity index (χ0n) is 11.5. The van der Waals surface area contributed by atoms with E-state index in [2.05, 4.69) is 6.92 Å². The van der Waals surface area contributed by atoms with Crippen molar-refractivity contribution in [2.24, 2.45) is 11.7 Å². The zero-order chi connectivity index (χ0) is 12.9. The molecule has 3 atom stereocenters. The first-order valence-electron chi connectivity index (χ1n) is 7.01. The van der Waals surface area contributed by atoms with Gasteiger partial charge in [-0.25, -0.2) is 0 Å². The third-order valence-electron chi connectivity index (χ3n) is 3.86. The molecule has 0 amide bonds. The second kappa shape index (κ2) is 6.39. The summed E-state index contributed by atoms with van der Waals surface area (Å²) in [5, 5.41) is 0. The van der Waals surface area contributed by atoms with Gasteiger partial charge in [0, 0.05) is 0 Å². The Hall–Kier alpha value is -0.570. The van der Waals surface area contributed by atoms with Crippen molar-refractivity contribution in [3.05, 3.63) is 0 Å². The van der Waals surface area contributed by atoms with Gasteiger partial charge >= 0.3 is 5.97 Å². The van der Waals surface area contributed by atoms with E-state index in [9.17, 15) is 4.79 Å². The minimum Gasteiger partial charge on any atom is -0.461 e. The lowest BCUT2D eigenvalue weighted by Gasteiger charge is -2.33. The molecule has 3 nitrogen and oxygen atoms in total. The standard InChI is InChI=1S/C14H27NO2/c1-4-10-14(3,15)13(16)17-12-9-7-6-8-11(12)5-2/h11-12H,4-10,15H2,1-3H3. The summed E-state index contributed by atoms with van der Waals surface area (Å²) in [5.41, 5.74) is 5.19. The van der Waals surface area contributed by atoms with E-state index in [-0.39, 0.29) is 12.1 Å². The van der Waals surface area contributed by atoms with E-state index in [1.54, 1.807) is 6.92 Å². The van der Waals surface area contributed by atoms with Crippen LogP contribution in [0.5, 0.6) is 0 Å². The van der Waals surface area contributed by atoms with Crippen LogP contribution in [0.15, 0.2) is 0 Å². The highest BCUT2D eigenvalue weighted by molar-refractivity contribution is 5.80. The molecule has 0 radical (unpaired) electrons. The van der Waals surface area contributed by atoms with Gasteiger partial charge in [-0.15, -0.1) is 0 Å². The van der Waals surface area contributed by atoms with Crippen LogP contribution >= 0.6 is 0 Å². The molecule has 17 heavy (non-hydrogen) atoms. The second-order valence-corrected chi connectivity index (χ2v) is 5.56. The van der Waals surface area contributed by atoms with Gasteiger partial charge in [-0.05, 0) is 44.9 Å². The SMILES string of the molecule is CCCC(C)(N)C(=O)OC1CCCCC1CC. The maximum absolute atomic E-state index is 12.0. The van der Waals surface area contributed by atoms with Crippen molar-refractivity contribution >= 4 is 5.97 Å². The summed E-state index contributed by atoms with van der Waals surface area (Å²) in [6.45, 7) is 5.99. The first kappa shape index (κ1) is 14.5. The van der Waals surface area contributed by atoms with E-state index in [1.165, 1.54) is 19.3 Å². The normalized spacial score (nSPS) is 28.5. The number of esters is 1. The second-order valence-electron chi connectivity index (χ2n) is 5.56. The van der Waals surface area contributed by atoms with E-state index in [0.717, 1.165) is 19.3 Å². The molecule has 3 heteroatoms. The van der Waals surface area contributed by atoms with Crippen LogP contribution in [-0.4, -0.2) is 17.6 Å². The molecule has 0 bridgehead atoms. The Kier molecular flexibility index (Phi) is 5.44. The Morgan fingerprint density at radius 1 is 1.35 bits per heavy atom. The Morgan fingerprint density at radius 3 is 2.59 bits per heavy atom. The van der Waals surface area contributed by atoms with Crippen molar-refractivity contribution in [3.8, 4) is 0 Å². The highest BCUT2D eigenvalue weighted by atomic mass is 16.5. The average Bonchev–Trinajstić information content (AvgIpc) is 2.29. The van der Waals surface area contributed by atoms with Crippen LogP contribution in [0.4, 0.5) is 0 Å². The molecular weight excluding hydrogens is 214 g/mol. The molecule has 0 spiro atoms. The summed E-state index contributed by atoms with van der Waals surface area (Å²) in [6.07, 6.45) is 7.41. The lowest BCUT2D eigenvalue weighted by Crippen LogP contribution is -2.48. The van der Waals surface area contributed by atoms with Crippen molar-refractivity contribution in [3.63, 3.8) is 0 Å². The first-order chi connectivity index (χ1) is 8.01. The van der Waals surface area contributed by atoms with E-state index in [1.807, 2.05) is 6.92 Å². The van der Waals surface area contributed by atoms with Crippen molar-refractivity contribution in [1.82, 2.24) is 0 Å². The highest BCUT2D eigenvalue weighted by Gasteiger charge is 2.34. The quantitative estimate of drug-likeness (QED) is 0.753. The van der Waals surface area contributed by atoms with Crippen LogP contribution in [0, 0.1) is 5.92 Å². The molecule has 0 aromatic carbocycles. The smallest absolute Gasteiger partial charge is 0.326 e. The monoisotopic (exact) mass is 241 g/mol. The molecule has 1 rings (SSSR count). The molecule has 1 saturated carbocycles. The van der Waals surface area contributed by atoms with Gasteiger partial charge in [-0.3, -0.25) is 4.79 Å². The third kappa shape index (κ3) is 3.98. The minimum atomic E-state index is -0.815. The van der Waals surface area contributed by atoms with Crippen LogP contribution < -0.4 is 5.73 Å². The van der Waals surface area contributed by atoms with Crippen LogP contribution in [0.1, 0.15) is 65.7 Å². The molecule has 0 aromatic rings. The van der Waals surface area contributed by atoms with Crippen LogP contribution in [0.3, 0.4) is 0 Å². The summed E-state index contributed by atoms with van der Waals surface area (Å²) in [5.74, 6) is 0.315. The van der Waals surface area contributed by atoms with Gasteiger partial charge in [0.1, 0.15) is 11.6 Å². The van der Waals surface area contributed by atoms with Gasteiger partial charge in [-0.1, -0.05) is 26.7 Å². The molecule has 0 aliphatic heterocycles. The van der Waals surface area contributed by atoms with Crippen molar-refractivity contribution < 1.29 is 9.53 Å². The summed E-state index contributed by atoms with van der Waals surface area (Å²) in [4.78, 5) is 12.0. The van der Waals surface area contributed by atoms with Gasteiger partial charge in [0.25, 0.3) is 0 Å². The fraction of sp³-hybridized carbons (Fsp3) is 0.929. The first-order valence-corrected chi connectivity index (χ1v) is 7.01. The van der Waals surface area contributed by atoms with Crippen LogP contribution in [0.2, 0.25) is 0 Å². The number of rotatable bonds is 5. The molecule has 3 unspecified atom stereocenters. The number of hydrogen-bond acceptors (Lipinski definition) is 3. The maximum Gasteiger partial charge on any atom is 0.326 e. The lowest BCUT2D eigenvalue weighted by atomic mass is 9.84. The lowest BCUT2D eigenvalue weighted by molar-refractivity contribution is -0.160. The van der Waals surface area contributed by atoms with Crippen LogP contribution in [0.25, 0.3) is 0 Å². The summed E-state index contributed by atoms with van der Waals surface area (Å²) in [6, 6.07) is 0. The van der Waals surface area contributed by atoms with Crippen molar-refractivity contribution in [2.75, 3.05) is 0 Å². The molecule has 1 fully saturated rings. The maximum atomic E-state index is 12.0. The fourth-order valence-electron chi connectivity index (χ4n) is 2.69. The zero-order valence-corrected chi connectivity index (χ0v) is 11.5. The summed E-state index contributed by atoms with van der Waals surface area (Å²) in [7, 11) is 0. The highest BCUT2D eigenvalue weighted by Crippen LogP contribution is 2.30. The van der Waals surface area contributed by atoms with E-state index in [4.69, 9.17) is 10.5 Å². The van der Waals surface area contributed by atoms with Gasteiger partial charge in [0.2, 0.25) is 0 Å². The number of nitrogens with two attached hydrogens (primary N) is 1. The van der Waals surface area contributed by atoms with Crippen molar-refractivity contribution in [1.29, 1.82) is 0 Å². The predicted octanol–water partition coefficient (Wildman–Crippen LogP) is 3.02. The van der Waals surface area contributed by atoms with Gasteiger partial charge < -0.3 is 10.5 Å². The van der Waals surface area contributed by atoms with Gasteiger partial charge in [0.05, 0.1) is 0 Å². The molecule has 0 aromatic heterocycles. The molecule has 2 N–H and O–H groups in total. The Labute approximate surface area is 105 Å². The van der Waals surface area contributed by atoms with Crippen molar-refractivity contribution in [2.45, 2.75) is 77.4 Å². The fourth-order valence-corrected chi connectivity index (χ4v) is 2.69. The van der Waals surface area contributed by atoms with Crippen LogP contribution in [-0.2, 0) is 9.53 Å². The average molecular weight is 241 g/mol. The summed E-state index contributed by atoms with van der Waals surface area (Å²) >= 11 is 0. The number of hydrogen-bond donors (Lipinski definition) is 1. The van der Waals surface area contributed by atoms with Gasteiger partial charge in [0.15, 0.2) is 0 Å². The number of ether oxygens (including phenoxy) is 1. The Balaban J connectivity index is 2.54. The molecule has 1 aliphatic carbocycles. The Bertz CT molecular complexity index is 251. The summed E-state index contributed by atoms with van der Waals surface area (Å²) < 4.78 is 5.65. The van der Waals surface area contributed by atoms with E-state index < -0.39 is 5.54 Å². The molecule has 1 aliphatic rings. The molecule has 0 saturated heterocycles. The molecular formula is C14H27NO2. The third-order valence-corrected chi connectivity index (χ3v) is 3.86. The Morgan fingerprint density at radius 2 is 2.00 bits per heavy atom. The van der Waals surface area contributed by atoms with E-state index >= 15 is 0 Å². The van der Waals surface area contributed by atoms with Gasteiger partial charge in [-0.2, -0.15) is 0 Å². The number of carbonyl (C=O) groups is 1. The largest absolute Gasteiger partial charge is 0.461 e. The topological polar surface area (TPSA) is 52.3 Å². The van der Waals surface area contributed by atoms with E-state index in [0.29, 0.717) is 12.3 Å². The number of carbonyl (C=O) groups excluding carboxylic acids is 1. The minimum absolute atomic E-state index is 0.0981. The molecule has 100 valence electrons. The predicted molar refractivity (Wildman–Crippen MR) is 69.6 cm³/mol. The molecule has 0 heterocycles.